The lowest BCUT2D eigenvalue weighted by Gasteiger charge is -2.28. The number of methoxy groups -OCH3 is 2. The first-order valence-electron chi connectivity index (χ1n) is 12.4. The topological polar surface area (TPSA) is 91.2 Å². The molecular formula is C30H32N3O5. The van der Waals surface area contributed by atoms with E-state index in [1.165, 1.54) is 6.92 Å². The Bertz CT molecular complexity index is 1310. The molecule has 0 aliphatic carbocycles. The molecule has 2 amide bonds. The van der Waals surface area contributed by atoms with Gasteiger partial charge >= 0.3 is 0 Å². The zero-order valence-electron chi connectivity index (χ0n) is 21.8. The first kappa shape index (κ1) is 26.6. The van der Waals surface area contributed by atoms with Crippen molar-refractivity contribution in [2.45, 2.75) is 25.9 Å². The summed E-state index contributed by atoms with van der Waals surface area (Å²) < 4.78 is 16.4. The summed E-state index contributed by atoms with van der Waals surface area (Å²) in [6, 6.07) is 22.2. The van der Waals surface area contributed by atoms with Crippen molar-refractivity contribution >= 4 is 23.1 Å². The molecule has 0 spiro atoms. The Labute approximate surface area is 223 Å². The molecule has 0 saturated carbocycles. The molecule has 0 bridgehead atoms. The molecule has 0 aromatic heterocycles. The van der Waals surface area contributed by atoms with E-state index in [0.717, 1.165) is 22.4 Å². The third-order valence-electron chi connectivity index (χ3n) is 6.29. The van der Waals surface area contributed by atoms with E-state index in [-0.39, 0.29) is 24.5 Å². The Morgan fingerprint density at radius 2 is 1.71 bits per heavy atom. The summed E-state index contributed by atoms with van der Waals surface area (Å²) in [6.45, 7) is 2.01. The Hall–Kier alpha value is -4.46. The molecule has 8 heteroatoms. The first-order valence-corrected chi connectivity index (χ1v) is 12.4. The number of para-hydroxylation sites is 2. The number of nitrogens with zero attached hydrogens (tertiary/aromatic N) is 2. The molecule has 1 heterocycles. The number of rotatable bonds is 12. The molecule has 1 N–H and O–H groups in total. The van der Waals surface area contributed by atoms with Crippen LogP contribution in [0.4, 0.5) is 5.69 Å². The quantitative estimate of drug-likeness (QED) is 0.389. The largest absolute Gasteiger partial charge is 0.497 e. The van der Waals surface area contributed by atoms with Gasteiger partial charge in [0, 0.05) is 43.4 Å². The highest BCUT2D eigenvalue weighted by Gasteiger charge is 2.24. The number of carbonyl (C=O) groups is 2. The number of benzene rings is 3. The molecule has 0 saturated heterocycles. The number of nitrogens with one attached hydrogen (secondary N) is 1. The highest BCUT2D eigenvalue weighted by molar-refractivity contribution is 5.81. The maximum atomic E-state index is 13.0. The van der Waals surface area contributed by atoms with Crippen LogP contribution in [-0.2, 0) is 16.1 Å². The molecule has 8 nitrogen and oxygen atoms in total. The van der Waals surface area contributed by atoms with E-state index in [4.69, 9.17) is 14.2 Å². The monoisotopic (exact) mass is 514 g/mol. The lowest BCUT2D eigenvalue weighted by molar-refractivity contribution is -0.131. The van der Waals surface area contributed by atoms with Crippen molar-refractivity contribution in [3.63, 3.8) is 0 Å². The molecule has 1 atom stereocenters. The van der Waals surface area contributed by atoms with Crippen molar-refractivity contribution in [3.8, 4) is 17.2 Å². The summed E-state index contributed by atoms with van der Waals surface area (Å²) in [7, 11) is 3.18. The van der Waals surface area contributed by atoms with Gasteiger partial charge in [-0.15, -0.1) is 0 Å². The molecule has 38 heavy (non-hydrogen) atoms. The van der Waals surface area contributed by atoms with Gasteiger partial charge in [0.1, 0.15) is 17.2 Å². The molecule has 1 aliphatic heterocycles. The van der Waals surface area contributed by atoms with Crippen molar-refractivity contribution in [2.24, 2.45) is 0 Å². The standard InChI is InChI=1S/C30H32N3O5/c1-21(34)33(18-22-9-4-7-14-29(22)37-3)19-24(15-23-17-31-28-13-6-5-12-27(23)28)32-30(35)20-38-26-11-8-10-25(16-26)36-2/h4-14,16-17,24H,15,18-20H2,1-3H3,(H,32,35). The van der Waals surface area contributed by atoms with Gasteiger partial charge in [-0.25, -0.2) is 0 Å². The number of carbonyl (C=O) groups excluding carboxylic acids is 2. The van der Waals surface area contributed by atoms with Crippen LogP contribution in [0.15, 0.2) is 79.0 Å². The summed E-state index contributed by atoms with van der Waals surface area (Å²) in [4.78, 5) is 27.4. The van der Waals surface area contributed by atoms with Crippen LogP contribution >= 0.6 is 0 Å². The predicted octanol–water partition coefficient (Wildman–Crippen LogP) is 4.30. The number of fused-ring (bicyclic) bond motifs is 1. The Kier molecular flexibility index (Phi) is 8.87. The van der Waals surface area contributed by atoms with E-state index in [0.29, 0.717) is 36.8 Å². The smallest absolute Gasteiger partial charge is 0.258 e. The van der Waals surface area contributed by atoms with Crippen LogP contribution in [-0.4, -0.2) is 50.1 Å². The van der Waals surface area contributed by atoms with Gasteiger partial charge in [-0.3, -0.25) is 14.9 Å². The number of hydrogen-bond acceptors (Lipinski definition) is 5. The third kappa shape index (κ3) is 6.85. The minimum atomic E-state index is -0.373. The van der Waals surface area contributed by atoms with Gasteiger partial charge in [-0.2, -0.15) is 0 Å². The normalized spacial score (nSPS) is 12.4. The zero-order valence-corrected chi connectivity index (χ0v) is 21.8. The van der Waals surface area contributed by atoms with Crippen molar-refractivity contribution < 1.29 is 23.8 Å². The molecule has 3 aromatic carbocycles. The second-order valence-electron chi connectivity index (χ2n) is 8.95. The first-order chi connectivity index (χ1) is 18.5. The SMILES string of the molecule is COc1cccc(OCC(=O)NC(CC2=C[N]c3ccccc32)CN(Cc2ccccc2OC)C(C)=O)c1. The van der Waals surface area contributed by atoms with Crippen LogP contribution in [0.5, 0.6) is 17.2 Å². The highest BCUT2D eigenvalue weighted by Crippen LogP contribution is 2.33. The van der Waals surface area contributed by atoms with Gasteiger partial charge in [0.15, 0.2) is 6.61 Å². The van der Waals surface area contributed by atoms with Crippen LogP contribution in [0.3, 0.4) is 0 Å². The lowest BCUT2D eigenvalue weighted by atomic mass is 9.99. The molecule has 3 aromatic rings. The fourth-order valence-corrected chi connectivity index (χ4v) is 4.38. The van der Waals surface area contributed by atoms with Crippen LogP contribution in [0.25, 0.3) is 5.57 Å². The molecule has 197 valence electrons. The van der Waals surface area contributed by atoms with E-state index in [1.54, 1.807) is 43.4 Å². The molecule has 1 aliphatic rings. The van der Waals surface area contributed by atoms with E-state index in [1.807, 2.05) is 54.7 Å². The van der Waals surface area contributed by atoms with Crippen LogP contribution in [0, 0.1) is 0 Å². The average Bonchev–Trinajstić information content (AvgIpc) is 3.34. The molecule has 1 radical (unpaired) electrons. The molecular weight excluding hydrogens is 482 g/mol. The number of hydrogen-bond donors (Lipinski definition) is 1. The van der Waals surface area contributed by atoms with E-state index in [9.17, 15) is 9.59 Å². The lowest BCUT2D eigenvalue weighted by Crippen LogP contribution is -2.46. The Balaban J connectivity index is 1.49. The Morgan fingerprint density at radius 3 is 2.50 bits per heavy atom. The van der Waals surface area contributed by atoms with Crippen LogP contribution in [0.2, 0.25) is 0 Å². The van der Waals surface area contributed by atoms with Gasteiger partial charge in [-0.1, -0.05) is 42.5 Å². The van der Waals surface area contributed by atoms with E-state index >= 15 is 0 Å². The van der Waals surface area contributed by atoms with Gasteiger partial charge in [0.05, 0.1) is 25.9 Å². The highest BCUT2D eigenvalue weighted by atomic mass is 16.5. The Morgan fingerprint density at radius 1 is 0.947 bits per heavy atom. The molecule has 4 rings (SSSR count). The number of ether oxygens (including phenoxy) is 3. The van der Waals surface area contributed by atoms with Gasteiger partial charge in [-0.05, 0) is 36.3 Å². The minimum absolute atomic E-state index is 0.103. The van der Waals surface area contributed by atoms with Gasteiger partial charge in [0.25, 0.3) is 5.91 Å². The second kappa shape index (κ2) is 12.7. The average molecular weight is 515 g/mol. The summed E-state index contributed by atoms with van der Waals surface area (Å²) in [6.07, 6.45) is 2.33. The van der Waals surface area contributed by atoms with E-state index < -0.39 is 0 Å². The van der Waals surface area contributed by atoms with Gasteiger partial charge < -0.3 is 24.4 Å². The van der Waals surface area contributed by atoms with Gasteiger partial charge in [0.2, 0.25) is 5.91 Å². The summed E-state index contributed by atoms with van der Waals surface area (Å²) in [5.74, 6) is 1.49. The van der Waals surface area contributed by atoms with E-state index in [2.05, 4.69) is 10.6 Å². The predicted molar refractivity (Wildman–Crippen MR) is 145 cm³/mol. The summed E-state index contributed by atoms with van der Waals surface area (Å²) >= 11 is 0. The van der Waals surface area contributed by atoms with Crippen molar-refractivity contribution in [1.82, 2.24) is 15.5 Å². The second-order valence-corrected chi connectivity index (χ2v) is 8.95. The minimum Gasteiger partial charge on any atom is -0.497 e. The number of amides is 2. The maximum Gasteiger partial charge on any atom is 0.258 e. The van der Waals surface area contributed by atoms with Crippen molar-refractivity contribution in [2.75, 3.05) is 27.4 Å². The summed E-state index contributed by atoms with van der Waals surface area (Å²) in [5, 5.41) is 7.57. The maximum absolute atomic E-state index is 13.0. The fourth-order valence-electron chi connectivity index (χ4n) is 4.38. The van der Waals surface area contributed by atoms with Crippen LogP contribution < -0.4 is 24.8 Å². The van der Waals surface area contributed by atoms with Crippen molar-refractivity contribution in [3.05, 3.63) is 90.1 Å². The van der Waals surface area contributed by atoms with Crippen molar-refractivity contribution in [1.29, 1.82) is 0 Å². The zero-order chi connectivity index (χ0) is 26.9. The fraction of sp³-hybridized carbons (Fsp3) is 0.267. The van der Waals surface area contributed by atoms with Crippen LogP contribution in [0.1, 0.15) is 24.5 Å². The molecule has 0 fully saturated rings. The molecule has 1 unspecified atom stereocenters. The summed E-state index contributed by atoms with van der Waals surface area (Å²) in [5.41, 5.74) is 3.81. The third-order valence-corrected chi connectivity index (χ3v) is 6.29.